The highest BCUT2D eigenvalue weighted by molar-refractivity contribution is 7.19. The molecule has 0 spiro atoms. The number of ether oxygens (including phenoxy) is 2. The first kappa shape index (κ1) is 16.8. The second-order valence-corrected chi connectivity index (χ2v) is 6.12. The fraction of sp³-hybridized carbons (Fsp3) is 0.111. The van der Waals surface area contributed by atoms with Gasteiger partial charge in [0, 0.05) is 17.3 Å². The Hall–Kier alpha value is -3.06. The molecule has 7 heteroatoms. The minimum Gasteiger partial charge on any atom is -0.493 e. The summed E-state index contributed by atoms with van der Waals surface area (Å²) in [4.78, 5) is 16.1. The maximum absolute atomic E-state index is 11.8. The van der Waals surface area contributed by atoms with Crippen LogP contribution in [0.15, 0.2) is 48.5 Å². The lowest BCUT2D eigenvalue weighted by Gasteiger charge is -2.10. The van der Waals surface area contributed by atoms with Crippen molar-refractivity contribution in [3.05, 3.63) is 54.2 Å². The van der Waals surface area contributed by atoms with Crippen LogP contribution >= 0.6 is 11.3 Å². The first-order chi connectivity index (χ1) is 12.1. The van der Waals surface area contributed by atoms with Crippen molar-refractivity contribution in [1.29, 1.82) is 0 Å². The van der Waals surface area contributed by atoms with Gasteiger partial charge in [0.15, 0.2) is 17.2 Å². The smallest absolute Gasteiger partial charge is 0.270 e. The van der Waals surface area contributed by atoms with E-state index in [0.29, 0.717) is 16.5 Å². The summed E-state index contributed by atoms with van der Waals surface area (Å²) in [7, 11) is 3.14. The average Bonchev–Trinajstić information content (AvgIpc) is 3.06. The summed E-state index contributed by atoms with van der Waals surface area (Å²) in [6.45, 7) is 0. The van der Waals surface area contributed by atoms with Gasteiger partial charge in [-0.25, -0.2) is 4.98 Å². The Labute approximate surface area is 149 Å². The summed E-state index contributed by atoms with van der Waals surface area (Å²) >= 11 is 1.36. The molecule has 0 unspecified atom stereocenters. The van der Waals surface area contributed by atoms with Crippen LogP contribution in [0, 0.1) is 0 Å². The number of aromatic nitrogens is 1. The Morgan fingerprint density at radius 2 is 1.80 bits per heavy atom. The molecule has 2 aromatic carbocycles. The lowest BCUT2D eigenvalue weighted by atomic mass is 10.2. The van der Waals surface area contributed by atoms with Crippen LogP contribution in [0.5, 0.6) is 11.5 Å². The molecule has 0 saturated carbocycles. The number of amides is 1. The lowest BCUT2D eigenvalue weighted by molar-refractivity contribution is 0.0997. The van der Waals surface area contributed by atoms with Crippen molar-refractivity contribution in [3.8, 4) is 22.1 Å². The number of carbonyl (C=O) groups excluding carboxylic acids is 1. The van der Waals surface area contributed by atoms with Crippen molar-refractivity contribution in [2.45, 2.75) is 0 Å². The van der Waals surface area contributed by atoms with E-state index in [9.17, 15) is 4.79 Å². The molecule has 1 aromatic heterocycles. The molecule has 0 atom stereocenters. The fourth-order valence-corrected chi connectivity index (χ4v) is 3.32. The van der Waals surface area contributed by atoms with Crippen LogP contribution in [0.3, 0.4) is 0 Å². The number of nitrogens with two attached hydrogens (primary N) is 1. The van der Waals surface area contributed by atoms with E-state index in [1.54, 1.807) is 26.4 Å². The van der Waals surface area contributed by atoms with Gasteiger partial charge >= 0.3 is 0 Å². The third kappa shape index (κ3) is 3.56. The van der Waals surface area contributed by atoms with Crippen molar-refractivity contribution >= 4 is 27.9 Å². The van der Waals surface area contributed by atoms with Gasteiger partial charge in [-0.3, -0.25) is 4.79 Å². The van der Waals surface area contributed by atoms with Crippen LogP contribution in [0.1, 0.15) is 10.5 Å². The van der Waals surface area contributed by atoms with E-state index in [1.807, 2.05) is 36.4 Å². The number of nitrogens with zero attached hydrogens (tertiary/aromatic N) is 1. The lowest BCUT2D eigenvalue weighted by Crippen LogP contribution is -2.13. The number of nitrogens with one attached hydrogen (secondary N) is 1. The van der Waals surface area contributed by atoms with Crippen LogP contribution in [-0.4, -0.2) is 25.1 Å². The first-order valence-corrected chi connectivity index (χ1v) is 8.29. The number of thiazole rings is 1. The van der Waals surface area contributed by atoms with Gasteiger partial charge in [-0.1, -0.05) is 41.7 Å². The molecular formula is C18H17N3O3S. The minimum absolute atomic E-state index is 0.207. The summed E-state index contributed by atoms with van der Waals surface area (Å²) in [5, 5.41) is 4.49. The Balaban J connectivity index is 1.97. The van der Waals surface area contributed by atoms with Crippen LogP contribution in [-0.2, 0) is 0 Å². The Bertz CT molecular complexity index is 894. The molecule has 0 fully saturated rings. The predicted octanol–water partition coefficient (Wildman–Crippen LogP) is 3.67. The molecule has 25 heavy (non-hydrogen) atoms. The summed E-state index contributed by atoms with van der Waals surface area (Å²) in [6, 6.07) is 15.0. The largest absolute Gasteiger partial charge is 0.493 e. The van der Waals surface area contributed by atoms with E-state index >= 15 is 0 Å². The van der Waals surface area contributed by atoms with E-state index in [-0.39, 0.29) is 5.69 Å². The summed E-state index contributed by atoms with van der Waals surface area (Å²) < 4.78 is 10.5. The number of methoxy groups -OCH3 is 2. The maximum atomic E-state index is 11.8. The number of hydrogen-bond donors (Lipinski definition) is 2. The number of hydrogen-bond acceptors (Lipinski definition) is 6. The third-order valence-electron chi connectivity index (χ3n) is 3.52. The van der Waals surface area contributed by atoms with E-state index in [4.69, 9.17) is 15.2 Å². The van der Waals surface area contributed by atoms with E-state index in [0.717, 1.165) is 16.3 Å². The van der Waals surface area contributed by atoms with Gasteiger partial charge in [-0.05, 0) is 12.1 Å². The zero-order valence-corrected chi connectivity index (χ0v) is 14.6. The monoisotopic (exact) mass is 355 g/mol. The molecule has 0 aliphatic carbocycles. The summed E-state index contributed by atoms with van der Waals surface area (Å²) in [5.41, 5.74) is 7.35. The van der Waals surface area contributed by atoms with Crippen LogP contribution in [0.2, 0.25) is 0 Å². The predicted molar refractivity (Wildman–Crippen MR) is 98.9 cm³/mol. The number of primary amides is 1. The SMILES string of the molecule is COc1ccc(Nc2sc(-c3ccccc3)nc2C(N)=O)cc1OC. The zero-order valence-electron chi connectivity index (χ0n) is 13.8. The molecule has 0 saturated heterocycles. The molecule has 0 aliphatic heterocycles. The molecule has 0 bridgehead atoms. The van der Waals surface area contributed by atoms with Crippen molar-refractivity contribution in [1.82, 2.24) is 4.98 Å². The van der Waals surface area contributed by atoms with Crippen molar-refractivity contribution in [2.75, 3.05) is 19.5 Å². The Kier molecular flexibility index (Phi) is 4.85. The highest BCUT2D eigenvalue weighted by Gasteiger charge is 2.17. The minimum atomic E-state index is -0.582. The second-order valence-electron chi connectivity index (χ2n) is 5.12. The highest BCUT2D eigenvalue weighted by Crippen LogP contribution is 2.36. The normalized spacial score (nSPS) is 10.3. The Morgan fingerprint density at radius 3 is 2.44 bits per heavy atom. The van der Waals surface area contributed by atoms with Crippen molar-refractivity contribution in [3.63, 3.8) is 0 Å². The zero-order chi connectivity index (χ0) is 17.8. The molecule has 1 amide bonds. The fourth-order valence-electron chi connectivity index (χ4n) is 2.32. The maximum Gasteiger partial charge on any atom is 0.270 e. The molecule has 3 rings (SSSR count). The molecule has 0 aliphatic rings. The van der Waals surface area contributed by atoms with Crippen molar-refractivity contribution in [2.24, 2.45) is 5.73 Å². The molecule has 6 nitrogen and oxygen atoms in total. The van der Waals surface area contributed by atoms with Gasteiger partial charge in [0.25, 0.3) is 5.91 Å². The average molecular weight is 355 g/mol. The molecule has 128 valence electrons. The highest BCUT2D eigenvalue weighted by atomic mass is 32.1. The van der Waals surface area contributed by atoms with Crippen LogP contribution in [0.25, 0.3) is 10.6 Å². The van der Waals surface area contributed by atoms with E-state index in [2.05, 4.69) is 10.3 Å². The molecular weight excluding hydrogens is 338 g/mol. The van der Waals surface area contributed by atoms with Gasteiger partial charge in [0.2, 0.25) is 0 Å². The number of carbonyl (C=O) groups is 1. The molecule has 1 heterocycles. The molecule has 3 aromatic rings. The van der Waals surface area contributed by atoms with E-state index in [1.165, 1.54) is 11.3 Å². The molecule has 3 N–H and O–H groups in total. The molecule has 0 radical (unpaired) electrons. The summed E-state index contributed by atoms with van der Waals surface area (Å²) in [5.74, 6) is 0.625. The van der Waals surface area contributed by atoms with Crippen molar-refractivity contribution < 1.29 is 14.3 Å². The number of rotatable bonds is 6. The van der Waals surface area contributed by atoms with Crippen LogP contribution < -0.4 is 20.5 Å². The number of benzene rings is 2. The standard InChI is InChI=1S/C18H17N3O3S/c1-23-13-9-8-12(10-14(13)24-2)20-18-15(16(19)22)21-17(25-18)11-6-4-3-5-7-11/h3-10,20H,1-2H3,(H2,19,22). The number of anilines is 2. The van der Waals surface area contributed by atoms with Gasteiger partial charge in [0.05, 0.1) is 14.2 Å². The van der Waals surface area contributed by atoms with Gasteiger partial charge in [-0.15, -0.1) is 0 Å². The quantitative estimate of drug-likeness (QED) is 0.704. The summed E-state index contributed by atoms with van der Waals surface area (Å²) in [6.07, 6.45) is 0. The van der Waals surface area contributed by atoms with Gasteiger partial charge in [-0.2, -0.15) is 0 Å². The third-order valence-corrected chi connectivity index (χ3v) is 4.54. The first-order valence-electron chi connectivity index (χ1n) is 7.47. The van der Waals surface area contributed by atoms with Gasteiger partial charge in [0.1, 0.15) is 10.0 Å². The van der Waals surface area contributed by atoms with Crippen LogP contribution in [0.4, 0.5) is 10.7 Å². The Morgan fingerprint density at radius 1 is 1.08 bits per heavy atom. The topological polar surface area (TPSA) is 86.5 Å². The van der Waals surface area contributed by atoms with Gasteiger partial charge < -0.3 is 20.5 Å². The van der Waals surface area contributed by atoms with E-state index < -0.39 is 5.91 Å². The second kappa shape index (κ2) is 7.23.